The van der Waals surface area contributed by atoms with Gasteiger partial charge in [-0.3, -0.25) is 14.4 Å². The number of carbonyl (C=O) groups excluding carboxylic acids is 3. The van der Waals surface area contributed by atoms with Gasteiger partial charge in [0.25, 0.3) is 11.8 Å². The molecule has 0 bridgehead atoms. The summed E-state index contributed by atoms with van der Waals surface area (Å²) in [5.74, 6) is -0.762. The fraction of sp³-hybridized carbons (Fsp3) is 0.0455. The van der Waals surface area contributed by atoms with E-state index in [9.17, 15) is 14.4 Å². The average Bonchev–Trinajstić information content (AvgIpc) is 2.68. The molecular weight excluding hydrogens is 356 g/mol. The molecule has 0 aromatic heterocycles. The fourth-order valence-electron chi connectivity index (χ4n) is 2.54. The monoisotopic (exact) mass is 374 g/mol. The van der Waals surface area contributed by atoms with Gasteiger partial charge in [0.05, 0.1) is 0 Å². The first-order valence-electron chi connectivity index (χ1n) is 8.57. The van der Waals surface area contributed by atoms with E-state index in [0.29, 0.717) is 28.3 Å². The Bertz CT molecular complexity index is 1020. The van der Waals surface area contributed by atoms with Gasteiger partial charge >= 0.3 is 5.97 Å². The van der Waals surface area contributed by atoms with Crippen LogP contribution < -0.4 is 15.4 Å². The summed E-state index contributed by atoms with van der Waals surface area (Å²) in [4.78, 5) is 35.8. The fourth-order valence-corrected chi connectivity index (χ4v) is 2.54. The number of rotatable bonds is 5. The molecule has 0 aliphatic carbocycles. The van der Waals surface area contributed by atoms with E-state index in [-0.39, 0.29) is 11.8 Å². The van der Waals surface area contributed by atoms with Crippen molar-refractivity contribution in [3.05, 3.63) is 90.0 Å². The lowest BCUT2D eigenvalue weighted by molar-refractivity contribution is -0.131. The predicted molar refractivity (Wildman–Crippen MR) is 107 cm³/mol. The molecule has 0 atom stereocenters. The molecule has 140 valence electrons. The number of hydrogen-bond donors (Lipinski definition) is 2. The Morgan fingerprint density at radius 2 is 1.25 bits per heavy atom. The van der Waals surface area contributed by atoms with Crippen molar-refractivity contribution in [1.29, 1.82) is 0 Å². The van der Waals surface area contributed by atoms with E-state index in [0.717, 1.165) is 0 Å². The summed E-state index contributed by atoms with van der Waals surface area (Å²) in [6, 6.07) is 22.0. The summed E-state index contributed by atoms with van der Waals surface area (Å²) < 4.78 is 4.99. The van der Waals surface area contributed by atoms with Crippen LogP contribution in [0.2, 0.25) is 0 Å². The Hall–Kier alpha value is -3.93. The molecule has 3 aromatic carbocycles. The Morgan fingerprint density at radius 3 is 1.89 bits per heavy atom. The molecule has 3 rings (SSSR count). The predicted octanol–water partition coefficient (Wildman–Crippen LogP) is 4.12. The molecule has 0 radical (unpaired) electrons. The second kappa shape index (κ2) is 8.64. The molecule has 28 heavy (non-hydrogen) atoms. The van der Waals surface area contributed by atoms with E-state index >= 15 is 0 Å². The highest BCUT2D eigenvalue weighted by Gasteiger charge is 2.10. The summed E-state index contributed by atoms with van der Waals surface area (Å²) in [6.07, 6.45) is 0. The molecule has 0 spiro atoms. The van der Waals surface area contributed by atoms with Crippen molar-refractivity contribution in [1.82, 2.24) is 0 Å². The molecule has 0 heterocycles. The maximum Gasteiger partial charge on any atom is 0.308 e. The number of esters is 1. The van der Waals surface area contributed by atoms with Crippen LogP contribution in [0.25, 0.3) is 0 Å². The van der Waals surface area contributed by atoms with Gasteiger partial charge in [-0.1, -0.05) is 30.3 Å². The van der Waals surface area contributed by atoms with Gasteiger partial charge in [-0.05, 0) is 48.5 Å². The zero-order valence-electron chi connectivity index (χ0n) is 15.1. The molecule has 2 amide bonds. The summed E-state index contributed by atoms with van der Waals surface area (Å²) in [5.41, 5.74) is 1.96. The summed E-state index contributed by atoms with van der Waals surface area (Å²) in [7, 11) is 0. The summed E-state index contributed by atoms with van der Waals surface area (Å²) in [5, 5.41) is 5.56. The largest absolute Gasteiger partial charge is 0.427 e. The van der Waals surface area contributed by atoms with Crippen molar-refractivity contribution in [3.8, 4) is 5.75 Å². The van der Waals surface area contributed by atoms with Crippen LogP contribution in [-0.4, -0.2) is 17.8 Å². The van der Waals surface area contributed by atoms with Crippen LogP contribution in [0.4, 0.5) is 11.4 Å². The quantitative estimate of drug-likeness (QED) is 0.520. The Kier molecular flexibility index (Phi) is 5.81. The first kappa shape index (κ1) is 18.8. The van der Waals surface area contributed by atoms with Gasteiger partial charge in [-0.15, -0.1) is 0 Å². The van der Waals surface area contributed by atoms with Gasteiger partial charge in [0, 0.05) is 29.4 Å². The molecule has 2 N–H and O–H groups in total. The maximum absolute atomic E-state index is 12.5. The van der Waals surface area contributed by atoms with E-state index in [2.05, 4.69) is 10.6 Å². The third-order valence-electron chi connectivity index (χ3n) is 3.77. The van der Waals surface area contributed by atoms with Gasteiger partial charge in [0.1, 0.15) is 5.75 Å². The van der Waals surface area contributed by atoms with E-state index in [1.54, 1.807) is 66.7 Å². The summed E-state index contributed by atoms with van der Waals surface area (Å²) >= 11 is 0. The first-order valence-corrected chi connectivity index (χ1v) is 8.57. The zero-order valence-corrected chi connectivity index (χ0v) is 15.1. The maximum atomic E-state index is 12.5. The number of hydrogen-bond acceptors (Lipinski definition) is 4. The number of carbonyl (C=O) groups is 3. The van der Waals surface area contributed by atoms with Gasteiger partial charge in [0.15, 0.2) is 0 Å². The van der Waals surface area contributed by atoms with Crippen molar-refractivity contribution in [2.45, 2.75) is 6.92 Å². The van der Waals surface area contributed by atoms with Gasteiger partial charge < -0.3 is 15.4 Å². The second-order valence-electron chi connectivity index (χ2n) is 5.98. The van der Waals surface area contributed by atoms with Crippen LogP contribution in [0.1, 0.15) is 27.6 Å². The molecule has 6 nitrogen and oxygen atoms in total. The topological polar surface area (TPSA) is 84.5 Å². The minimum atomic E-state index is -0.459. The first-order chi connectivity index (χ1) is 13.5. The van der Waals surface area contributed by atoms with Crippen LogP contribution >= 0.6 is 0 Å². The Balaban J connectivity index is 1.70. The van der Waals surface area contributed by atoms with Crippen molar-refractivity contribution < 1.29 is 19.1 Å². The number of benzene rings is 3. The van der Waals surface area contributed by atoms with Crippen LogP contribution in [0, 0.1) is 0 Å². The second-order valence-corrected chi connectivity index (χ2v) is 5.98. The number of ether oxygens (including phenoxy) is 1. The molecular formula is C22H18N2O4. The average molecular weight is 374 g/mol. The van der Waals surface area contributed by atoms with Crippen molar-refractivity contribution in [2.75, 3.05) is 10.6 Å². The van der Waals surface area contributed by atoms with Crippen molar-refractivity contribution in [3.63, 3.8) is 0 Å². The number of amides is 2. The molecule has 0 unspecified atom stereocenters. The highest BCUT2D eigenvalue weighted by molar-refractivity contribution is 6.06. The molecule has 0 aliphatic rings. The van der Waals surface area contributed by atoms with E-state index in [4.69, 9.17) is 4.74 Å². The Morgan fingerprint density at radius 1 is 0.679 bits per heavy atom. The molecule has 0 aliphatic heterocycles. The van der Waals surface area contributed by atoms with E-state index < -0.39 is 5.97 Å². The standard InChI is InChI=1S/C22H18N2O4/c1-15(25)28-20-12-5-9-17(13-20)22(27)24-19-11-6-10-18(14-19)23-21(26)16-7-3-2-4-8-16/h2-14H,1H3,(H,23,26)(H,24,27). The number of anilines is 2. The molecule has 6 heteroatoms. The van der Waals surface area contributed by atoms with Crippen LogP contribution in [0.3, 0.4) is 0 Å². The van der Waals surface area contributed by atoms with Crippen LogP contribution in [0.5, 0.6) is 5.75 Å². The Labute approximate surface area is 162 Å². The van der Waals surface area contributed by atoms with Gasteiger partial charge in [-0.2, -0.15) is 0 Å². The highest BCUT2D eigenvalue weighted by Crippen LogP contribution is 2.19. The lowest BCUT2D eigenvalue weighted by Gasteiger charge is -2.10. The van der Waals surface area contributed by atoms with Crippen LogP contribution in [0.15, 0.2) is 78.9 Å². The SMILES string of the molecule is CC(=O)Oc1cccc(C(=O)Nc2cccc(NC(=O)c3ccccc3)c2)c1. The third kappa shape index (κ3) is 5.04. The molecule has 0 saturated carbocycles. The lowest BCUT2D eigenvalue weighted by atomic mass is 10.2. The molecule has 3 aromatic rings. The minimum Gasteiger partial charge on any atom is -0.427 e. The summed E-state index contributed by atoms with van der Waals surface area (Å²) in [6.45, 7) is 1.29. The third-order valence-corrected chi connectivity index (χ3v) is 3.77. The van der Waals surface area contributed by atoms with Gasteiger partial charge in [0.2, 0.25) is 0 Å². The van der Waals surface area contributed by atoms with E-state index in [1.807, 2.05) is 6.07 Å². The van der Waals surface area contributed by atoms with Crippen LogP contribution in [-0.2, 0) is 4.79 Å². The van der Waals surface area contributed by atoms with Crippen molar-refractivity contribution >= 4 is 29.2 Å². The lowest BCUT2D eigenvalue weighted by Crippen LogP contribution is -2.14. The van der Waals surface area contributed by atoms with Crippen molar-refractivity contribution in [2.24, 2.45) is 0 Å². The smallest absolute Gasteiger partial charge is 0.308 e. The molecule has 0 fully saturated rings. The van der Waals surface area contributed by atoms with Gasteiger partial charge in [-0.25, -0.2) is 0 Å². The number of nitrogens with one attached hydrogen (secondary N) is 2. The molecule has 0 saturated heterocycles. The normalized spacial score (nSPS) is 10.0. The highest BCUT2D eigenvalue weighted by atomic mass is 16.5. The zero-order chi connectivity index (χ0) is 19.9. The minimum absolute atomic E-state index is 0.238. The van der Waals surface area contributed by atoms with E-state index in [1.165, 1.54) is 13.0 Å².